The van der Waals surface area contributed by atoms with Gasteiger partial charge in [-0.15, -0.1) is 0 Å². The summed E-state index contributed by atoms with van der Waals surface area (Å²) in [6.45, 7) is 0. The van der Waals surface area contributed by atoms with Crippen LogP contribution in [0, 0.1) is 5.92 Å². The fraction of sp³-hybridized carbons (Fsp3) is 0.364. The fourth-order valence-electron chi connectivity index (χ4n) is 3.68. The van der Waals surface area contributed by atoms with E-state index >= 15 is 0 Å². The molecule has 2 heterocycles. The summed E-state index contributed by atoms with van der Waals surface area (Å²) < 4.78 is 7.44. The first kappa shape index (κ1) is 19.1. The van der Waals surface area contributed by atoms with Crippen molar-refractivity contribution in [1.29, 1.82) is 0 Å². The van der Waals surface area contributed by atoms with Gasteiger partial charge in [-0.2, -0.15) is 5.10 Å². The summed E-state index contributed by atoms with van der Waals surface area (Å²) in [6.07, 6.45) is 13.0. The van der Waals surface area contributed by atoms with Gasteiger partial charge in [0, 0.05) is 30.6 Å². The van der Waals surface area contributed by atoms with Crippen LogP contribution in [0.15, 0.2) is 55.1 Å². The molecule has 1 aliphatic rings. The number of rotatable bonds is 7. The maximum absolute atomic E-state index is 12.2. The predicted molar refractivity (Wildman–Crippen MR) is 110 cm³/mol. The molecule has 0 atom stereocenters. The third-order valence-corrected chi connectivity index (χ3v) is 5.23. The third kappa shape index (κ3) is 5.40. The molecule has 0 spiro atoms. The van der Waals surface area contributed by atoms with Gasteiger partial charge in [0.2, 0.25) is 11.8 Å². The number of hydrogen-bond donors (Lipinski definition) is 1. The zero-order valence-electron chi connectivity index (χ0n) is 16.3. The number of benzene rings is 1. The molecule has 0 aliphatic heterocycles. The van der Waals surface area contributed by atoms with E-state index in [9.17, 15) is 4.79 Å². The van der Waals surface area contributed by atoms with Crippen LogP contribution < -0.4 is 10.1 Å². The first-order valence-electron chi connectivity index (χ1n) is 10.2. The maximum atomic E-state index is 12.2. The van der Waals surface area contributed by atoms with Crippen LogP contribution >= 0.6 is 0 Å². The van der Waals surface area contributed by atoms with Crippen molar-refractivity contribution in [1.82, 2.24) is 19.7 Å². The molecule has 29 heavy (non-hydrogen) atoms. The predicted octanol–water partition coefficient (Wildman–Crippen LogP) is 4.75. The van der Waals surface area contributed by atoms with Crippen LogP contribution in [-0.4, -0.2) is 25.7 Å². The first-order chi connectivity index (χ1) is 14.3. The van der Waals surface area contributed by atoms with E-state index in [0.29, 0.717) is 29.8 Å². The van der Waals surface area contributed by atoms with Crippen molar-refractivity contribution >= 4 is 11.6 Å². The summed E-state index contributed by atoms with van der Waals surface area (Å²) in [5, 5.41) is 7.12. The van der Waals surface area contributed by atoms with Gasteiger partial charge in [-0.3, -0.25) is 4.79 Å². The molecular weight excluding hydrogens is 366 g/mol. The molecule has 1 amide bonds. The maximum Gasteiger partial charge on any atom is 0.224 e. The van der Waals surface area contributed by atoms with Crippen LogP contribution in [0.25, 0.3) is 5.82 Å². The molecule has 0 saturated heterocycles. The molecule has 1 saturated carbocycles. The summed E-state index contributed by atoms with van der Waals surface area (Å²) in [5.41, 5.74) is 0.769. The van der Waals surface area contributed by atoms with E-state index in [2.05, 4.69) is 20.4 Å². The van der Waals surface area contributed by atoms with Crippen LogP contribution in [-0.2, 0) is 4.79 Å². The van der Waals surface area contributed by atoms with E-state index in [1.165, 1.54) is 38.4 Å². The Kier molecular flexibility index (Phi) is 6.14. The lowest BCUT2D eigenvalue weighted by molar-refractivity contribution is -0.116. The monoisotopic (exact) mass is 391 g/mol. The Morgan fingerprint density at radius 1 is 1.14 bits per heavy atom. The Morgan fingerprint density at radius 2 is 1.97 bits per heavy atom. The molecule has 0 bridgehead atoms. The Morgan fingerprint density at radius 3 is 2.72 bits per heavy atom. The van der Waals surface area contributed by atoms with E-state index in [0.717, 1.165) is 12.1 Å². The highest BCUT2D eigenvalue weighted by Gasteiger charge is 2.15. The molecular formula is C22H25N5O2. The lowest BCUT2D eigenvalue weighted by Gasteiger charge is -2.21. The van der Waals surface area contributed by atoms with Crippen LogP contribution in [0.3, 0.4) is 0 Å². The summed E-state index contributed by atoms with van der Waals surface area (Å²) in [4.78, 5) is 20.5. The van der Waals surface area contributed by atoms with Gasteiger partial charge in [-0.1, -0.05) is 32.1 Å². The second kappa shape index (κ2) is 9.32. The Hall–Kier alpha value is -3.22. The summed E-state index contributed by atoms with van der Waals surface area (Å²) in [7, 11) is 0. The number of nitrogens with zero attached hydrogens (tertiary/aromatic N) is 4. The number of anilines is 1. The summed E-state index contributed by atoms with van der Waals surface area (Å²) in [5.74, 6) is 2.47. The van der Waals surface area contributed by atoms with Gasteiger partial charge >= 0.3 is 0 Å². The van der Waals surface area contributed by atoms with Crippen molar-refractivity contribution in [2.24, 2.45) is 5.92 Å². The molecule has 150 valence electrons. The Balaban J connectivity index is 1.30. The van der Waals surface area contributed by atoms with Gasteiger partial charge in [0.25, 0.3) is 0 Å². The topological polar surface area (TPSA) is 81.9 Å². The first-order valence-corrected chi connectivity index (χ1v) is 10.2. The average Bonchev–Trinajstić information content (AvgIpc) is 3.30. The average molecular weight is 391 g/mol. The molecule has 1 aromatic carbocycles. The fourth-order valence-corrected chi connectivity index (χ4v) is 3.68. The van der Waals surface area contributed by atoms with Gasteiger partial charge < -0.3 is 10.1 Å². The second-order valence-electron chi connectivity index (χ2n) is 7.38. The molecule has 1 aliphatic carbocycles. The van der Waals surface area contributed by atoms with Gasteiger partial charge in [0.15, 0.2) is 5.82 Å². The number of nitrogens with one attached hydrogen (secondary N) is 1. The van der Waals surface area contributed by atoms with Gasteiger partial charge in [0.1, 0.15) is 12.1 Å². The van der Waals surface area contributed by atoms with Crippen molar-refractivity contribution in [3.63, 3.8) is 0 Å². The van der Waals surface area contributed by atoms with Crippen molar-refractivity contribution in [3.8, 4) is 17.4 Å². The molecule has 7 nitrogen and oxygen atoms in total. The van der Waals surface area contributed by atoms with E-state index < -0.39 is 0 Å². The molecule has 1 N–H and O–H groups in total. The molecule has 1 fully saturated rings. The van der Waals surface area contributed by atoms with Crippen molar-refractivity contribution < 1.29 is 9.53 Å². The van der Waals surface area contributed by atoms with Crippen LogP contribution in [0.1, 0.15) is 44.9 Å². The Labute approximate surface area is 170 Å². The number of carbonyl (C=O) groups is 1. The lowest BCUT2D eigenvalue weighted by atomic mass is 9.86. The summed E-state index contributed by atoms with van der Waals surface area (Å²) in [6, 6.07) is 10.8. The SMILES string of the molecule is O=C(CCC1CCCCC1)Nc1ccc(Oc2cc(-n3cccn3)ncn2)cc1. The minimum Gasteiger partial charge on any atom is -0.439 e. The zero-order chi connectivity index (χ0) is 19.9. The molecule has 0 radical (unpaired) electrons. The largest absolute Gasteiger partial charge is 0.439 e. The minimum absolute atomic E-state index is 0.0731. The number of hydrogen-bond acceptors (Lipinski definition) is 5. The molecule has 4 rings (SSSR count). The van der Waals surface area contributed by atoms with E-state index in [-0.39, 0.29) is 5.91 Å². The molecule has 2 aromatic heterocycles. The summed E-state index contributed by atoms with van der Waals surface area (Å²) >= 11 is 0. The van der Waals surface area contributed by atoms with Crippen molar-refractivity contribution in [2.75, 3.05) is 5.32 Å². The normalized spacial score (nSPS) is 14.5. The highest BCUT2D eigenvalue weighted by atomic mass is 16.5. The van der Waals surface area contributed by atoms with Gasteiger partial charge in [0.05, 0.1) is 0 Å². The van der Waals surface area contributed by atoms with Crippen molar-refractivity contribution in [2.45, 2.75) is 44.9 Å². The Bertz CT molecular complexity index is 919. The van der Waals surface area contributed by atoms with Gasteiger partial charge in [-0.25, -0.2) is 14.6 Å². The van der Waals surface area contributed by atoms with E-state index in [4.69, 9.17) is 4.74 Å². The smallest absolute Gasteiger partial charge is 0.224 e. The van der Waals surface area contributed by atoms with Crippen LogP contribution in [0.5, 0.6) is 11.6 Å². The zero-order valence-corrected chi connectivity index (χ0v) is 16.3. The highest BCUT2D eigenvalue weighted by molar-refractivity contribution is 5.90. The van der Waals surface area contributed by atoms with E-state index in [1.807, 2.05) is 30.3 Å². The third-order valence-electron chi connectivity index (χ3n) is 5.23. The number of carbonyl (C=O) groups excluding carboxylic acids is 1. The van der Waals surface area contributed by atoms with Crippen molar-refractivity contribution in [3.05, 3.63) is 55.1 Å². The standard InChI is InChI=1S/C22H25N5O2/c28-21(12-7-17-5-2-1-3-6-17)26-18-8-10-19(11-9-18)29-22-15-20(23-16-24-22)27-14-4-13-25-27/h4,8-11,13-17H,1-3,5-7,12H2,(H,26,28). The quantitative estimate of drug-likeness (QED) is 0.628. The minimum atomic E-state index is 0.0731. The molecule has 3 aromatic rings. The van der Waals surface area contributed by atoms with Crippen LogP contribution in [0.4, 0.5) is 5.69 Å². The number of aromatic nitrogens is 4. The second-order valence-corrected chi connectivity index (χ2v) is 7.38. The lowest BCUT2D eigenvalue weighted by Crippen LogP contribution is -2.14. The number of ether oxygens (including phenoxy) is 1. The van der Waals surface area contributed by atoms with E-state index in [1.54, 1.807) is 23.1 Å². The van der Waals surface area contributed by atoms with Crippen LogP contribution in [0.2, 0.25) is 0 Å². The van der Waals surface area contributed by atoms with Gasteiger partial charge in [-0.05, 0) is 42.7 Å². The molecule has 7 heteroatoms. The number of amides is 1. The highest BCUT2D eigenvalue weighted by Crippen LogP contribution is 2.27. The molecule has 0 unspecified atom stereocenters.